The first-order chi connectivity index (χ1) is 16.7. The number of rotatable bonds is 8. The lowest BCUT2D eigenvalue weighted by Gasteiger charge is -2.12. The molecule has 34 heavy (non-hydrogen) atoms. The minimum atomic E-state index is -0.291. The van der Waals surface area contributed by atoms with Gasteiger partial charge in [0.2, 0.25) is 5.78 Å². The number of halogens is 1. The Morgan fingerprint density at radius 3 is 2.62 bits per heavy atom. The number of methoxy groups -OCH3 is 1. The van der Waals surface area contributed by atoms with Crippen LogP contribution in [0.3, 0.4) is 0 Å². The van der Waals surface area contributed by atoms with Gasteiger partial charge in [-0.25, -0.2) is 8.96 Å². The van der Waals surface area contributed by atoms with Gasteiger partial charge in [-0.3, -0.25) is 9.20 Å². The van der Waals surface area contributed by atoms with E-state index in [1.54, 1.807) is 35.9 Å². The molecule has 0 atom stereocenters. The Balaban J connectivity index is 1.45. The van der Waals surface area contributed by atoms with E-state index in [0.717, 1.165) is 17.7 Å². The fourth-order valence-electron chi connectivity index (χ4n) is 3.70. The van der Waals surface area contributed by atoms with Gasteiger partial charge in [-0.1, -0.05) is 30.0 Å². The summed E-state index contributed by atoms with van der Waals surface area (Å²) in [7, 11) is 1.59. The molecule has 0 unspecified atom stereocenters. The average molecular weight is 477 g/mol. The van der Waals surface area contributed by atoms with Gasteiger partial charge in [-0.05, 0) is 55.0 Å². The van der Waals surface area contributed by atoms with Crippen LogP contribution in [0.25, 0.3) is 22.4 Å². The summed E-state index contributed by atoms with van der Waals surface area (Å²) in [6.45, 7) is 0.491. The summed E-state index contributed by atoms with van der Waals surface area (Å²) in [5.74, 6) is 2.15. The molecule has 0 aliphatic heterocycles. The molecule has 5 aromatic rings. The third kappa shape index (κ3) is 4.22. The van der Waals surface area contributed by atoms with E-state index < -0.39 is 0 Å². The van der Waals surface area contributed by atoms with Crippen LogP contribution in [0.15, 0.2) is 82.7 Å². The zero-order chi connectivity index (χ0) is 23.5. The average Bonchev–Trinajstić information content (AvgIpc) is 3.29. The largest absolute Gasteiger partial charge is 0.497 e. The normalized spacial score (nSPS) is 11.2. The lowest BCUT2D eigenvalue weighted by Crippen LogP contribution is -2.21. The monoisotopic (exact) mass is 476 g/mol. The SMILES string of the molecule is COc1cccc(-n2c(=O)c3ccccc3n3c(SCCCOc4ccc(F)cc4)nnc23)c1. The summed E-state index contributed by atoms with van der Waals surface area (Å²) in [5.41, 5.74) is 1.22. The van der Waals surface area contributed by atoms with E-state index in [1.807, 2.05) is 40.8 Å². The molecule has 0 amide bonds. The Morgan fingerprint density at radius 2 is 1.79 bits per heavy atom. The van der Waals surface area contributed by atoms with Crippen LogP contribution in [0.4, 0.5) is 4.39 Å². The number of benzene rings is 3. The van der Waals surface area contributed by atoms with E-state index in [2.05, 4.69) is 10.2 Å². The second kappa shape index (κ2) is 9.56. The van der Waals surface area contributed by atoms with Crippen LogP contribution < -0.4 is 15.0 Å². The molecule has 0 saturated heterocycles. The number of nitrogens with zero attached hydrogens (tertiary/aromatic N) is 4. The number of hydrogen-bond acceptors (Lipinski definition) is 6. The summed E-state index contributed by atoms with van der Waals surface area (Å²) in [6.07, 6.45) is 0.754. The second-order valence-electron chi connectivity index (χ2n) is 7.48. The molecule has 0 aliphatic rings. The quantitative estimate of drug-likeness (QED) is 0.238. The Bertz CT molecular complexity index is 1510. The topological polar surface area (TPSA) is 70.7 Å². The molecule has 2 aromatic heterocycles. The Hall–Kier alpha value is -3.85. The van der Waals surface area contributed by atoms with E-state index in [9.17, 15) is 9.18 Å². The summed E-state index contributed by atoms with van der Waals surface area (Å²) in [5, 5.41) is 10.0. The minimum absolute atomic E-state index is 0.173. The van der Waals surface area contributed by atoms with Crippen molar-refractivity contribution in [1.29, 1.82) is 0 Å². The van der Waals surface area contributed by atoms with Gasteiger partial charge in [-0.15, -0.1) is 10.2 Å². The molecular weight excluding hydrogens is 455 g/mol. The lowest BCUT2D eigenvalue weighted by molar-refractivity contribution is 0.318. The van der Waals surface area contributed by atoms with Crippen LogP contribution in [-0.4, -0.2) is 38.6 Å². The van der Waals surface area contributed by atoms with Gasteiger partial charge in [0.05, 0.1) is 30.3 Å². The zero-order valence-corrected chi connectivity index (χ0v) is 19.2. The molecule has 0 saturated carbocycles. The molecule has 7 nitrogen and oxygen atoms in total. The van der Waals surface area contributed by atoms with Gasteiger partial charge < -0.3 is 9.47 Å². The van der Waals surface area contributed by atoms with E-state index >= 15 is 0 Å². The Kier molecular flexibility index (Phi) is 6.18. The van der Waals surface area contributed by atoms with Crippen molar-refractivity contribution in [3.8, 4) is 17.2 Å². The molecular formula is C25H21FN4O3S. The number of fused-ring (bicyclic) bond motifs is 3. The third-order valence-corrected chi connectivity index (χ3v) is 6.32. The molecule has 5 rings (SSSR count). The molecule has 172 valence electrons. The minimum Gasteiger partial charge on any atom is -0.497 e. The maximum atomic E-state index is 13.4. The molecule has 0 aliphatic carbocycles. The smallest absolute Gasteiger partial charge is 0.267 e. The van der Waals surface area contributed by atoms with Gasteiger partial charge in [0, 0.05) is 11.8 Å². The van der Waals surface area contributed by atoms with E-state index in [-0.39, 0.29) is 11.4 Å². The van der Waals surface area contributed by atoms with Crippen LogP contribution in [0, 0.1) is 5.82 Å². The maximum absolute atomic E-state index is 13.4. The van der Waals surface area contributed by atoms with Crippen molar-refractivity contribution < 1.29 is 13.9 Å². The highest BCUT2D eigenvalue weighted by Gasteiger charge is 2.18. The van der Waals surface area contributed by atoms with Crippen LogP contribution in [0.1, 0.15) is 6.42 Å². The summed E-state index contributed by atoms with van der Waals surface area (Å²) in [6, 6.07) is 20.7. The molecule has 0 fully saturated rings. The highest BCUT2D eigenvalue weighted by Crippen LogP contribution is 2.25. The van der Waals surface area contributed by atoms with Crippen molar-refractivity contribution in [2.45, 2.75) is 11.6 Å². The molecule has 3 aromatic carbocycles. The van der Waals surface area contributed by atoms with Gasteiger partial charge in [0.25, 0.3) is 5.56 Å². The van der Waals surface area contributed by atoms with Crippen molar-refractivity contribution in [2.75, 3.05) is 19.5 Å². The molecule has 0 N–H and O–H groups in total. The third-order valence-electron chi connectivity index (χ3n) is 5.31. The Morgan fingerprint density at radius 1 is 0.971 bits per heavy atom. The van der Waals surface area contributed by atoms with Crippen molar-refractivity contribution in [3.05, 3.63) is 89.0 Å². The molecule has 0 bridgehead atoms. The van der Waals surface area contributed by atoms with Crippen LogP contribution >= 0.6 is 11.8 Å². The second-order valence-corrected chi connectivity index (χ2v) is 8.54. The number of ether oxygens (including phenoxy) is 2. The van der Waals surface area contributed by atoms with Crippen molar-refractivity contribution >= 4 is 28.4 Å². The van der Waals surface area contributed by atoms with Crippen molar-refractivity contribution in [1.82, 2.24) is 19.2 Å². The number of hydrogen-bond donors (Lipinski definition) is 0. The van der Waals surface area contributed by atoms with Gasteiger partial charge in [0.15, 0.2) is 5.16 Å². The number of aromatic nitrogens is 4. The van der Waals surface area contributed by atoms with E-state index in [4.69, 9.17) is 9.47 Å². The van der Waals surface area contributed by atoms with E-state index in [0.29, 0.717) is 40.1 Å². The summed E-state index contributed by atoms with van der Waals surface area (Å²) < 4.78 is 27.5. The van der Waals surface area contributed by atoms with Crippen LogP contribution in [0.2, 0.25) is 0 Å². The summed E-state index contributed by atoms with van der Waals surface area (Å²) >= 11 is 1.54. The van der Waals surface area contributed by atoms with Crippen LogP contribution in [-0.2, 0) is 0 Å². The first-order valence-electron chi connectivity index (χ1n) is 10.7. The standard InChI is InChI=1S/C25H21FN4O3S/c1-32-20-7-4-6-18(16-20)29-23(31)21-8-2-3-9-22(21)30-24(29)27-28-25(30)34-15-5-14-33-19-12-10-17(26)11-13-19/h2-4,6-13,16H,5,14-15H2,1H3. The molecule has 2 heterocycles. The molecule has 9 heteroatoms. The van der Waals surface area contributed by atoms with Crippen molar-refractivity contribution in [2.24, 2.45) is 0 Å². The predicted octanol–water partition coefficient (Wildman–Crippen LogP) is 4.74. The van der Waals surface area contributed by atoms with E-state index in [1.165, 1.54) is 23.9 Å². The van der Waals surface area contributed by atoms with Gasteiger partial charge >= 0.3 is 0 Å². The van der Waals surface area contributed by atoms with Gasteiger partial charge in [0.1, 0.15) is 17.3 Å². The fourth-order valence-corrected chi connectivity index (χ4v) is 4.55. The highest BCUT2D eigenvalue weighted by molar-refractivity contribution is 7.99. The lowest BCUT2D eigenvalue weighted by atomic mass is 10.2. The number of thioether (sulfide) groups is 1. The zero-order valence-electron chi connectivity index (χ0n) is 18.3. The highest BCUT2D eigenvalue weighted by atomic mass is 32.2. The van der Waals surface area contributed by atoms with Crippen molar-refractivity contribution in [3.63, 3.8) is 0 Å². The molecule has 0 spiro atoms. The van der Waals surface area contributed by atoms with Gasteiger partial charge in [-0.2, -0.15) is 0 Å². The number of para-hydroxylation sites is 1. The fraction of sp³-hybridized carbons (Fsp3) is 0.160. The summed E-state index contributed by atoms with van der Waals surface area (Å²) in [4.78, 5) is 13.4. The first kappa shape index (κ1) is 22.0. The Labute approximate surface area is 198 Å². The molecule has 0 radical (unpaired) electrons. The predicted molar refractivity (Wildman–Crippen MR) is 130 cm³/mol. The first-order valence-corrected chi connectivity index (χ1v) is 11.7. The van der Waals surface area contributed by atoms with Crippen LogP contribution in [0.5, 0.6) is 11.5 Å². The maximum Gasteiger partial charge on any atom is 0.267 e.